The first-order valence-corrected chi connectivity index (χ1v) is 12.4. The topological polar surface area (TPSA) is 74.8 Å². The van der Waals surface area contributed by atoms with Crippen molar-refractivity contribution < 1.29 is 19.2 Å². The number of carbonyl (C=O) groups excluding carboxylic acids is 4. The summed E-state index contributed by atoms with van der Waals surface area (Å²) >= 11 is 0. The molecule has 6 nitrogen and oxygen atoms in total. The normalized spacial score (nSPS) is 38.8. The molecule has 1 aromatic rings. The summed E-state index contributed by atoms with van der Waals surface area (Å²) in [6.45, 7) is 7.61. The highest BCUT2D eigenvalue weighted by molar-refractivity contribution is 6.25. The standard InChI is InChI=1S/C28H28N2O4/c1-11-12(2)24(30-27(33)21-17-7-8-18(10-17)22(21)28(30)34)14(4)13(3)23(11)29-25(31)19-15-5-6-16(9-15)20(19)26(29)32/h5-8,15-22H,9-10H2,1-4H3/t15-,16+,17-,18+,19-,20+,21-,22+. The summed E-state index contributed by atoms with van der Waals surface area (Å²) in [4.78, 5) is 56.9. The second kappa shape index (κ2) is 6.35. The Hall–Kier alpha value is -3.02. The summed E-state index contributed by atoms with van der Waals surface area (Å²) in [6.07, 6.45) is 10.2. The molecule has 6 aliphatic rings. The van der Waals surface area contributed by atoms with E-state index < -0.39 is 0 Å². The highest BCUT2D eigenvalue weighted by Crippen LogP contribution is 2.56. The Kier molecular flexibility index (Phi) is 3.80. The summed E-state index contributed by atoms with van der Waals surface area (Å²) in [7, 11) is 0. The van der Waals surface area contributed by atoms with Crippen LogP contribution in [0.15, 0.2) is 24.3 Å². The van der Waals surface area contributed by atoms with Crippen molar-refractivity contribution in [1.29, 1.82) is 0 Å². The van der Waals surface area contributed by atoms with Crippen molar-refractivity contribution in [3.63, 3.8) is 0 Å². The number of nitrogens with zero attached hydrogens (tertiary/aromatic N) is 2. The maximum Gasteiger partial charge on any atom is 0.238 e. The third-order valence-electron chi connectivity index (χ3n) is 9.93. The Balaban J connectivity index is 1.33. The summed E-state index contributed by atoms with van der Waals surface area (Å²) in [5.41, 5.74) is 4.45. The molecule has 0 N–H and O–H groups in total. The lowest BCUT2D eigenvalue weighted by molar-refractivity contribution is -0.124. The lowest BCUT2D eigenvalue weighted by Gasteiger charge is -2.29. The molecule has 4 bridgehead atoms. The van der Waals surface area contributed by atoms with Gasteiger partial charge in [0, 0.05) is 0 Å². The fourth-order valence-corrected chi connectivity index (χ4v) is 8.19. The second-order valence-electron chi connectivity index (χ2n) is 11.2. The van der Waals surface area contributed by atoms with Crippen molar-refractivity contribution in [2.24, 2.45) is 47.3 Å². The molecule has 4 fully saturated rings. The fourth-order valence-electron chi connectivity index (χ4n) is 8.19. The van der Waals surface area contributed by atoms with Gasteiger partial charge in [-0.25, -0.2) is 9.80 Å². The van der Waals surface area contributed by atoms with Gasteiger partial charge in [-0.15, -0.1) is 0 Å². The van der Waals surface area contributed by atoms with Gasteiger partial charge in [0.05, 0.1) is 35.0 Å². The SMILES string of the molecule is Cc1c(C)c(N2C(=O)[C@@H]3[C@H](C2=O)[C@@H]2C=C[C@H]3C2)c(C)c(C)c1N1C(=O)[C@@H]2[C@H](C1=O)[C@@H]1C=C[C@H]2C1. The zero-order chi connectivity index (χ0) is 23.8. The molecular formula is C28H28N2O4. The van der Waals surface area contributed by atoms with E-state index in [2.05, 4.69) is 24.3 Å². The minimum atomic E-state index is -0.259. The van der Waals surface area contributed by atoms with Crippen LogP contribution in [0.5, 0.6) is 0 Å². The molecule has 8 atom stereocenters. The maximum absolute atomic E-state index is 13.5. The van der Waals surface area contributed by atoms with Crippen molar-refractivity contribution >= 4 is 35.0 Å². The van der Waals surface area contributed by atoms with Crippen molar-refractivity contribution in [2.75, 3.05) is 9.80 Å². The van der Waals surface area contributed by atoms with Crippen LogP contribution in [0.3, 0.4) is 0 Å². The Labute approximate surface area is 198 Å². The van der Waals surface area contributed by atoms with Gasteiger partial charge in [-0.1, -0.05) is 24.3 Å². The number of hydrogen-bond acceptors (Lipinski definition) is 4. The van der Waals surface area contributed by atoms with Crippen molar-refractivity contribution in [2.45, 2.75) is 40.5 Å². The number of rotatable bonds is 2. The van der Waals surface area contributed by atoms with Crippen LogP contribution in [0.25, 0.3) is 0 Å². The molecule has 1 aromatic carbocycles. The van der Waals surface area contributed by atoms with Gasteiger partial charge in [0.1, 0.15) is 0 Å². The van der Waals surface area contributed by atoms with E-state index in [4.69, 9.17) is 0 Å². The highest BCUT2D eigenvalue weighted by atomic mass is 16.2. The van der Waals surface area contributed by atoms with E-state index in [1.54, 1.807) is 0 Å². The van der Waals surface area contributed by atoms with Gasteiger partial charge in [-0.2, -0.15) is 0 Å². The molecule has 2 heterocycles. The Morgan fingerprint density at radius 1 is 0.500 bits per heavy atom. The van der Waals surface area contributed by atoms with E-state index in [9.17, 15) is 19.2 Å². The third kappa shape index (κ3) is 2.14. The number of allylic oxidation sites excluding steroid dienone is 4. The molecule has 6 heteroatoms. The Bertz CT molecular complexity index is 1120. The molecule has 4 amide bonds. The summed E-state index contributed by atoms with van der Waals surface area (Å²) in [5.74, 6) is -0.824. The average Bonchev–Trinajstić information content (AvgIpc) is 3.64. The van der Waals surface area contributed by atoms with Crippen LogP contribution in [0.1, 0.15) is 35.1 Å². The average molecular weight is 457 g/mol. The lowest BCUT2D eigenvalue weighted by atomic mass is 9.85. The van der Waals surface area contributed by atoms with Crippen LogP contribution in [0.2, 0.25) is 0 Å². The highest BCUT2D eigenvalue weighted by Gasteiger charge is 2.61. The summed E-state index contributed by atoms with van der Waals surface area (Å²) < 4.78 is 0. The molecule has 7 rings (SSSR count). The first-order valence-electron chi connectivity index (χ1n) is 12.4. The van der Waals surface area contributed by atoms with E-state index in [0.29, 0.717) is 11.4 Å². The van der Waals surface area contributed by atoms with Crippen LogP contribution in [-0.2, 0) is 19.2 Å². The number of amides is 4. The van der Waals surface area contributed by atoms with E-state index >= 15 is 0 Å². The zero-order valence-electron chi connectivity index (χ0n) is 19.9. The minimum absolute atomic E-state index is 0.102. The van der Waals surface area contributed by atoms with E-state index in [0.717, 1.165) is 35.1 Å². The van der Waals surface area contributed by atoms with E-state index in [1.165, 1.54) is 9.80 Å². The molecule has 0 aromatic heterocycles. The number of anilines is 2. The summed E-state index contributed by atoms with van der Waals surface area (Å²) in [6, 6.07) is 0. The molecule has 2 saturated heterocycles. The molecule has 0 radical (unpaired) electrons. The van der Waals surface area contributed by atoms with Gasteiger partial charge in [0.25, 0.3) is 0 Å². The largest absolute Gasteiger partial charge is 0.274 e. The molecular weight excluding hydrogens is 428 g/mol. The van der Waals surface area contributed by atoms with Crippen molar-refractivity contribution in [1.82, 2.24) is 0 Å². The summed E-state index contributed by atoms with van der Waals surface area (Å²) in [5, 5.41) is 0. The fraction of sp³-hybridized carbons (Fsp3) is 0.500. The number of carbonyl (C=O) groups is 4. The second-order valence-corrected chi connectivity index (χ2v) is 11.2. The van der Waals surface area contributed by atoms with Gasteiger partial charge < -0.3 is 0 Å². The Morgan fingerprint density at radius 3 is 0.971 bits per heavy atom. The van der Waals surface area contributed by atoms with Crippen molar-refractivity contribution in [3.8, 4) is 0 Å². The third-order valence-corrected chi connectivity index (χ3v) is 9.93. The number of imide groups is 2. The van der Waals surface area contributed by atoms with E-state index in [1.807, 2.05) is 27.7 Å². The molecule has 4 aliphatic carbocycles. The predicted molar refractivity (Wildman–Crippen MR) is 126 cm³/mol. The Morgan fingerprint density at radius 2 is 0.735 bits per heavy atom. The monoisotopic (exact) mass is 456 g/mol. The maximum atomic E-state index is 13.5. The van der Waals surface area contributed by atoms with Gasteiger partial charge in [0.2, 0.25) is 23.6 Å². The number of benzene rings is 1. The van der Waals surface area contributed by atoms with Gasteiger partial charge >= 0.3 is 0 Å². The van der Waals surface area contributed by atoms with Crippen molar-refractivity contribution in [3.05, 3.63) is 46.6 Å². The lowest BCUT2D eigenvalue weighted by Crippen LogP contribution is -2.36. The molecule has 2 saturated carbocycles. The first kappa shape index (κ1) is 20.4. The van der Waals surface area contributed by atoms with Gasteiger partial charge in [-0.05, 0) is 86.5 Å². The van der Waals surface area contributed by atoms with Crippen LogP contribution in [0.4, 0.5) is 11.4 Å². The van der Waals surface area contributed by atoms with Crippen LogP contribution < -0.4 is 9.80 Å². The molecule has 2 aliphatic heterocycles. The van der Waals surface area contributed by atoms with Crippen LogP contribution >= 0.6 is 0 Å². The molecule has 34 heavy (non-hydrogen) atoms. The molecule has 174 valence electrons. The number of fused-ring (bicyclic) bond motifs is 10. The quantitative estimate of drug-likeness (QED) is 0.504. The molecule has 0 unspecified atom stereocenters. The zero-order valence-corrected chi connectivity index (χ0v) is 19.9. The van der Waals surface area contributed by atoms with Crippen LogP contribution in [-0.4, -0.2) is 23.6 Å². The van der Waals surface area contributed by atoms with E-state index in [-0.39, 0.29) is 71.0 Å². The van der Waals surface area contributed by atoms with Gasteiger partial charge in [-0.3, -0.25) is 19.2 Å². The first-order chi connectivity index (χ1) is 16.2. The van der Waals surface area contributed by atoms with Crippen LogP contribution in [0, 0.1) is 75.0 Å². The number of hydrogen-bond donors (Lipinski definition) is 0. The predicted octanol–water partition coefficient (Wildman–Crippen LogP) is 3.54. The minimum Gasteiger partial charge on any atom is -0.274 e. The molecule has 0 spiro atoms. The smallest absolute Gasteiger partial charge is 0.238 e. The van der Waals surface area contributed by atoms with Gasteiger partial charge in [0.15, 0.2) is 0 Å².